The Bertz CT molecular complexity index is 1110. The van der Waals surface area contributed by atoms with E-state index in [0.717, 1.165) is 29.4 Å². The molecule has 0 radical (unpaired) electrons. The van der Waals surface area contributed by atoms with Crippen molar-refractivity contribution in [3.63, 3.8) is 0 Å². The van der Waals surface area contributed by atoms with Crippen molar-refractivity contribution in [1.82, 2.24) is 15.2 Å². The molecule has 7 nitrogen and oxygen atoms in total. The second-order valence-electron chi connectivity index (χ2n) is 7.98. The number of aromatic nitrogens is 1. The smallest absolute Gasteiger partial charge is 0.270 e. The highest BCUT2D eigenvalue weighted by molar-refractivity contribution is 7.80. The lowest BCUT2D eigenvalue weighted by Gasteiger charge is -2.31. The molecule has 2 aliphatic rings. The zero-order valence-electron chi connectivity index (χ0n) is 16.8. The minimum atomic E-state index is -0.397. The minimum Gasteiger partial charge on any atom is -0.459 e. The summed E-state index contributed by atoms with van der Waals surface area (Å²) in [6, 6.07) is 16.3. The Labute approximate surface area is 185 Å². The Morgan fingerprint density at radius 2 is 1.97 bits per heavy atom. The highest BCUT2D eigenvalue weighted by Gasteiger charge is 2.45. The number of nitrogens with zero attached hydrogens (tertiary/aromatic N) is 3. The molecule has 0 unspecified atom stereocenters. The van der Waals surface area contributed by atoms with Gasteiger partial charge in [-0.25, -0.2) is 0 Å². The van der Waals surface area contributed by atoms with Crippen LogP contribution in [0.4, 0.5) is 5.69 Å². The quantitative estimate of drug-likeness (QED) is 0.337. The van der Waals surface area contributed by atoms with E-state index in [2.05, 4.69) is 15.2 Å². The van der Waals surface area contributed by atoms with Gasteiger partial charge in [0.05, 0.1) is 16.7 Å². The molecule has 158 valence electrons. The Morgan fingerprint density at radius 1 is 1.13 bits per heavy atom. The van der Waals surface area contributed by atoms with Gasteiger partial charge in [-0.15, -0.1) is 0 Å². The number of nitro groups is 1. The number of thiocarbonyl (C=S) groups is 1. The van der Waals surface area contributed by atoms with E-state index >= 15 is 0 Å². The summed E-state index contributed by atoms with van der Waals surface area (Å²) in [5.41, 5.74) is 1.62. The number of nitrogens with one attached hydrogen (secondary N) is 1. The summed E-state index contributed by atoms with van der Waals surface area (Å²) in [5, 5.41) is 15.4. The SMILES string of the molecule is O=[N+]([O-])c1cccc(-c2ccc([C@H]3[C@@H](c4ccccn4)NC(=S)N3C3CCCC3)o2)c1. The molecule has 0 amide bonds. The van der Waals surface area contributed by atoms with Crippen molar-refractivity contribution in [1.29, 1.82) is 0 Å². The van der Waals surface area contributed by atoms with Gasteiger partial charge in [0.25, 0.3) is 5.69 Å². The molecule has 1 N–H and O–H groups in total. The Hall–Kier alpha value is -3.26. The first-order valence-corrected chi connectivity index (χ1v) is 10.9. The third-order valence-corrected chi connectivity index (χ3v) is 6.44. The van der Waals surface area contributed by atoms with Crippen LogP contribution in [0.15, 0.2) is 65.2 Å². The highest BCUT2D eigenvalue weighted by atomic mass is 32.1. The Kier molecular flexibility index (Phi) is 5.15. The fourth-order valence-electron chi connectivity index (χ4n) is 4.69. The van der Waals surface area contributed by atoms with Gasteiger partial charge in [-0.1, -0.05) is 31.0 Å². The van der Waals surface area contributed by atoms with Crippen LogP contribution in [0.3, 0.4) is 0 Å². The fourth-order valence-corrected chi connectivity index (χ4v) is 5.08. The first-order chi connectivity index (χ1) is 15.1. The molecule has 1 saturated carbocycles. The van der Waals surface area contributed by atoms with E-state index in [1.165, 1.54) is 25.0 Å². The van der Waals surface area contributed by atoms with Gasteiger partial charge in [-0.05, 0) is 49.3 Å². The summed E-state index contributed by atoms with van der Waals surface area (Å²) in [6.07, 6.45) is 6.38. The largest absolute Gasteiger partial charge is 0.459 e. The van der Waals surface area contributed by atoms with Crippen molar-refractivity contribution in [3.8, 4) is 11.3 Å². The van der Waals surface area contributed by atoms with Crippen molar-refractivity contribution in [2.24, 2.45) is 0 Å². The summed E-state index contributed by atoms with van der Waals surface area (Å²) in [6.45, 7) is 0. The molecule has 1 saturated heterocycles. The molecule has 3 heterocycles. The van der Waals surface area contributed by atoms with Crippen LogP contribution >= 0.6 is 12.2 Å². The number of pyridine rings is 1. The van der Waals surface area contributed by atoms with Crippen molar-refractivity contribution in [3.05, 3.63) is 82.4 Å². The number of hydrogen-bond acceptors (Lipinski definition) is 5. The lowest BCUT2D eigenvalue weighted by molar-refractivity contribution is -0.384. The summed E-state index contributed by atoms with van der Waals surface area (Å²) >= 11 is 5.75. The van der Waals surface area contributed by atoms with E-state index in [9.17, 15) is 10.1 Å². The van der Waals surface area contributed by atoms with Crippen LogP contribution in [0.25, 0.3) is 11.3 Å². The molecule has 0 bridgehead atoms. The van der Waals surface area contributed by atoms with Crippen LogP contribution in [-0.4, -0.2) is 26.0 Å². The van der Waals surface area contributed by atoms with Crippen LogP contribution in [0.5, 0.6) is 0 Å². The summed E-state index contributed by atoms with van der Waals surface area (Å²) in [5.74, 6) is 1.37. The fraction of sp³-hybridized carbons (Fsp3) is 0.304. The summed E-state index contributed by atoms with van der Waals surface area (Å²) in [7, 11) is 0. The van der Waals surface area contributed by atoms with E-state index in [4.69, 9.17) is 16.6 Å². The molecule has 1 aliphatic carbocycles. The standard InChI is InChI=1S/C23H22N4O3S/c28-27(29)17-9-5-6-15(14-17)19-11-12-20(30-19)22-21(18-10-3-4-13-24-18)25-23(31)26(22)16-7-1-2-8-16/h3-6,9-14,16,21-22H,1-2,7-8H2,(H,25,31)/t21-,22+/m1/s1. The van der Waals surface area contributed by atoms with E-state index in [0.29, 0.717) is 17.4 Å². The first kappa shape index (κ1) is 19.7. The molecule has 2 atom stereocenters. The van der Waals surface area contributed by atoms with Crippen LogP contribution in [0, 0.1) is 10.1 Å². The maximum atomic E-state index is 11.2. The Morgan fingerprint density at radius 3 is 2.71 bits per heavy atom. The predicted octanol–water partition coefficient (Wildman–Crippen LogP) is 5.16. The summed E-state index contributed by atoms with van der Waals surface area (Å²) < 4.78 is 6.29. The van der Waals surface area contributed by atoms with E-state index < -0.39 is 4.92 Å². The number of hydrogen-bond donors (Lipinski definition) is 1. The van der Waals surface area contributed by atoms with Crippen LogP contribution in [-0.2, 0) is 0 Å². The number of furan rings is 1. The van der Waals surface area contributed by atoms with Crippen LogP contribution in [0.2, 0.25) is 0 Å². The number of non-ortho nitro benzene ring substituents is 1. The highest BCUT2D eigenvalue weighted by Crippen LogP contribution is 2.44. The monoisotopic (exact) mass is 434 g/mol. The zero-order chi connectivity index (χ0) is 21.4. The maximum absolute atomic E-state index is 11.2. The summed E-state index contributed by atoms with van der Waals surface area (Å²) in [4.78, 5) is 17.6. The number of rotatable bonds is 5. The Balaban J connectivity index is 1.54. The molecular formula is C23H22N4O3S. The van der Waals surface area contributed by atoms with Gasteiger partial charge in [0.2, 0.25) is 0 Å². The van der Waals surface area contributed by atoms with Gasteiger partial charge >= 0.3 is 0 Å². The van der Waals surface area contributed by atoms with Gasteiger partial charge < -0.3 is 14.6 Å². The normalized spacial score (nSPS) is 21.4. The van der Waals surface area contributed by atoms with Crippen molar-refractivity contribution < 1.29 is 9.34 Å². The number of benzene rings is 1. The van der Waals surface area contributed by atoms with Gasteiger partial charge in [-0.2, -0.15) is 0 Å². The maximum Gasteiger partial charge on any atom is 0.270 e. The molecule has 2 fully saturated rings. The second kappa shape index (κ2) is 8.11. The molecule has 1 aliphatic heterocycles. The molecule has 31 heavy (non-hydrogen) atoms. The van der Waals surface area contributed by atoms with Crippen molar-refractivity contribution >= 4 is 23.0 Å². The first-order valence-electron chi connectivity index (χ1n) is 10.5. The predicted molar refractivity (Wildman–Crippen MR) is 120 cm³/mol. The van der Waals surface area contributed by atoms with Crippen molar-refractivity contribution in [2.75, 3.05) is 0 Å². The molecule has 1 aromatic carbocycles. The van der Waals surface area contributed by atoms with Gasteiger partial charge in [0.15, 0.2) is 5.11 Å². The molecule has 2 aromatic heterocycles. The van der Waals surface area contributed by atoms with Crippen LogP contribution in [0.1, 0.15) is 49.2 Å². The van der Waals surface area contributed by atoms with Gasteiger partial charge in [0, 0.05) is 29.9 Å². The average molecular weight is 435 g/mol. The van der Waals surface area contributed by atoms with Gasteiger partial charge in [-0.3, -0.25) is 15.1 Å². The minimum absolute atomic E-state index is 0.0399. The van der Waals surface area contributed by atoms with Crippen LogP contribution < -0.4 is 5.32 Å². The van der Waals surface area contributed by atoms with E-state index in [-0.39, 0.29) is 17.8 Å². The van der Waals surface area contributed by atoms with E-state index in [1.807, 2.05) is 36.4 Å². The zero-order valence-corrected chi connectivity index (χ0v) is 17.6. The molecular weight excluding hydrogens is 412 g/mol. The van der Waals surface area contributed by atoms with Gasteiger partial charge in [0.1, 0.15) is 17.6 Å². The molecule has 5 rings (SSSR count). The van der Waals surface area contributed by atoms with E-state index in [1.54, 1.807) is 12.3 Å². The second-order valence-corrected chi connectivity index (χ2v) is 8.37. The third-order valence-electron chi connectivity index (χ3n) is 6.11. The third kappa shape index (κ3) is 3.67. The lowest BCUT2D eigenvalue weighted by atomic mass is 10.0. The van der Waals surface area contributed by atoms with Crippen molar-refractivity contribution in [2.45, 2.75) is 43.8 Å². The molecule has 0 spiro atoms. The average Bonchev–Trinajstić information content (AvgIpc) is 3.54. The topological polar surface area (TPSA) is 84.4 Å². The molecule has 3 aromatic rings. The number of nitro benzene ring substituents is 1. The lowest BCUT2D eigenvalue weighted by Crippen LogP contribution is -2.37. The molecule has 8 heteroatoms.